The lowest BCUT2D eigenvalue weighted by molar-refractivity contribution is -0.118. The summed E-state index contributed by atoms with van der Waals surface area (Å²) in [5, 5.41) is 8.02. The van der Waals surface area contributed by atoms with Crippen LogP contribution in [0.5, 0.6) is 0 Å². The molecule has 2 amide bonds. The van der Waals surface area contributed by atoms with E-state index in [-0.39, 0.29) is 11.3 Å². The Morgan fingerprint density at radius 3 is 1.76 bits per heavy atom. The molecule has 5 rings (SSSR count). The van der Waals surface area contributed by atoms with Crippen molar-refractivity contribution in [2.45, 2.75) is 25.8 Å². The van der Waals surface area contributed by atoms with Gasteiger partial charge in [-0.3, -0.25) is 36.7 Å². The van der Waals surface area contributed by atoms with Gasteiger partial charge in [-0.05, 0) is 62.2 Å². The number of rotatable bonds is 9. The number of para-hydroxylation sites is 3. The molecule has 212 valence electrons. The van der Waals surface area contributed by atoms with Gasteiger partial charge >= 0.3 is 0 Å². The molecule has 0 aromatic heterocycles. The molecule has 0 spiro atoms. The molecule has 4 aromatic rings. The monoisotopic (exact) mass is 559 g/mol. The highest BCUT2D eigenvalue weighted by atomic mass is 16.2. The maximum Gasteiger partial charge on any atom is 0.290 e. The van der Waals surface area contributed by atoms with Gasteiger partial charge in [-0.2, -0.15) is 5.10 Å². The molecule has 1 aliphatic rings. The minimum absolute atomic E-state index is 0.0643. The molecule has 0 unspecified atom stereocenters. The second kappa shape index (κ2) is 12.7. The second-order valence-corrected chi connectivity index (χ2v) is 10.4. The third-order valence-corrected chi connectivity index (χ3v) is 6.57. The van der Waals surface area contributed by atoms with Crippen LogP contribution in [0.1, 0.15) is 25.0 Å². The maximum atomic E-state index is 14.1. The number of amides is 2. The van der Waals surface area contributed by atoms with Gasteiger partial charge in [0.25, 0.3) is 11.8 Å². The largest absolute Gasteiger partial charge is 0.379 e. The van der Waals surface area contributed by atoms with E-state index in [1.807, 2.05) is 115 Å². The number of fused-ring (bicyclic) bond motifs is 1. The summed E-state index contributed by atoms with van der Waals surface area (Å²) < 4.78 is 0. The summed E-state index contributed by atoms with van der Waals surface area (Å²) >= 11 is 0. The summed E-state index contributed by atoms with van der Waals surface area (Å²) in [5.41, 5.74) is 18.2. The molecular weight excluding hydrogens is 526 g/mol. The van der Waals surface area contributed by atoms with E-state index >= 15 is 0 Å². The quantitative estimate of drug-likeness (QED) is 0.0968. The smallest absolute Gasteiger partial charge is 0.290 e. The van der Waals surface area contributed by atoms with Gasteiger partial charge in [0.05, 0.1) is 28.3 Å². The fourth-order valence-corrected chi connectivity index (χ4v) is 4.66. The lowest BCUT2D eigenvalue weighted by atomic mass is 9.84. The molecule has 0 saturated carbocycles. The molecule has 9 heteroatoms. The Bertz CT molecular complexity index is 1600. The van der Waals surface area contributed by atoms with Gasteiger partial charge in [0.2, 0.25) is 0 Å². The normalized spacial score (nSPS) is 14.9. The number of nitrogens with zero attached hydrogens (tertiary/aromatic N) is 1. The number of benzene rings is 4. The number of anilines is 3. The van der Waals surface area contributed by atoms with Crippen LogP contribution in [0.2, 0.25) is 0 Å². The topological polar surface area (TPSA) is 119 Å². The van der Waals surface area contributed by atoms with Crippen molar-refractivity contribution in [2.24, 2.45) is 5.10 Å². The molecule has 6 N–H and O–H groups in total. The molecule has 0 aliphatic carbocycles. The lowest BCUT2D eigenvalue weighted by Gasteiger charge is -2.36. The molecule has 0 saturated heterocycles. The van der Waals surface area contributed by atoms with E-state index < -0.39 is 17.4 Å². The summed E-state index contributed by atoms with van der Waals surface area (Å²) in [6, 6.07) is 35.5. The molecule has 42 heavy (non-hydrogen) atoms. The molecule has 0 fully saturated rings. The van der Waals surface area contributed by atoms with Gasteiger partial charge < -0.3 is 5.32 Å². The molecule has 0 atom stereocenters. The Balaban J connectivity index is 1.61. The highest BCUT2D eigenvalue weighted by molar-refractivity contribution is 6.53. The summed E-state index contributed by atoms with van der Waals surface area (Å²) in [4.78, 5) is 28.0. The van der Waals surface area contributed by atoms with Crippen molar-refractivity contribution in [1.29, 1.82) is 0 Å². The van der Waals surface area contributed by atoms with Crippen molar-refractivity contribution in [3.8, 4) is 0 Å². The van der Waals surface area contributed by atoms with E-state index in [9.17, 15) is 9.59 Å². The predicted octanol–water partition coefficient (Wildman–Crippen LogP) is 5.08. The van der Waals surface area contributed by atoms with Crippen molar-refractivity contribution in [3.63, 3.8) is 0 Å². The fraction of sp³-hybridized carbons (Fsp3) is 0.121. The van der Waals surface area contributed by atoms with Crippen LogP contribution in [0.15, 0.2) is 126 Å². The van der Waals surface area contributed by atoms with Gasteiger partial charge in [0.15, 0.2) is 5.71 Å². The van der Waals surface area contributed by atoms with Crippen LogP contribution in [-0.4, -0.2) is 23.1 Å². The number of nitrogens with one attached hydrogen (secondary N) is 6. The molecule has 0 bridgehead atoms. The molecule has 1 heterocycles. The number of hydrazone groups is 1. The van der Waals surface area contributed by atoms with Gasteiger partial charge in [0, 0.05) is 11.1 Å². The molecular formula is C33H33N7O2. The Morgan fingerprint density at radius 2 is 1.17 bits per heavy atom. The van der Waals surface area contributed by atoms with Crippen LogP contribution in [0.25, 0.3) is 5.70 Å². The minimum atomic E-state index is -0.609. The van der Waals surface area contributed by atoms with Crippen molar-refractivity contribution in [3.05, 3.63) is 132 Å². The first kappa shape index (κ1) is 28.0. The van der Waals surface area contributed by atoms with Crippen LogP contribution >= 0.6 is 0 Å². The minimum Gasteiger partial charge on any atom is -0.379 e. The van der Waals surface area contributed by atoms with E-state index in [1.165, 1.54) is 0 Å². The van der Waals surface area contributed by atoms with Crippen molar-refractivity contribution < 1.29 is 9.59 Å². The molecule has 4 aromatic carbocycles. The van der Waals surface area contributed by atoms with Gasteiger partial charge in [-0.1, -0.05) is 78.9 Å². The standard InChI is InChI=1S/C33H33N7O2/c1-33(2)22-23-14-12-13-21-27(23)29(34-33)28(31(41)39-36-25-17-8-4-9-18-25)30(38-35-24-15-6-3-7-16-24)32(42)40-37-26-19-10-5-11-20-26/h3-21,34-37H,22H2,1-2H3,(H,39,41)(H,40,42). The molecule has 1 aliphatic heterocycles. The van der Waals surface area contributed by atoms with E-state index in [2.05, 4.69) is 51.4 Å². The molecule has 0 radical (unpaired) electrons. The number of carbonyl (C=O) groups is 2. The zero-order valence-electron chi connectivity index (χ0n) is 23.4. The number of carbonyl (C=O) groups excluding carboxylic acids is 2. The average molecular weight is 560 g/mol. The Labute approximate surface area is 245 Å². The first-order valence-electron chi connectivity index (χ1n) is 13.6. The third-order valence-electron chi connectivity index (χ3n) is 6.57. The Kier molecular flexibility index (Phi) is 8.48. The first-order chi connectivity index (χ1) is 20.4. The van der Waals surface area contributed by atoms with Gasteiger partial charge in [-0.25, -0.2) is 0 Å². The Morgan fingerprint density at radius 1 is 0.667 bits per heavy atom. The van der Waals surface area contributed by atoms with E-state index in [1.54, 1.807) is 0 Å². The number of hydrogen-bond acceptors (Lipinski definition) is 7. The maximum absolute atomic E-state index is 14.1. The van der Waals surface area contributed by atoms with Crippen molar-refractivity contribution >= 4 is 40.3 Å². The first-order valence-corrected chi connectivity index (χ1v) is 13.6. The van der Waals surface area contributed by atoms with Gasteiger partial charge in [-0.15, -0.1) is 0 Å². The zero-order valence-corrected chi connectivity index (χ0v) is 23.4. The predicted molar refractivity (Wildman–Crippen MR) is 168 cm³/mol. The van der Waals surface area contributed by atoms with Crippen LogP contribution in [0.3, 0.4) is 0 Å². The summed E-state index contributed by atoms with van der Waals surface area (Å²) in [6.45, 7) is 4.10. The third kappa shape index (κ3) is 6.95. The van der Waals surface area contributed by atoms with Crippen LogP contribution in [0.4, 0.5) is 17.1 Å². The zero-order chi connectivity index (χ0) is 29.4. The summed E-state index contributed by atoms with van der Waals surface area (Å²) in [5.74, 6) is -1.15. The fourth-order valence-electron chi connectivity index (χ4n) is 4.66. The van der Waals surface area contributed by atoms with Gasteiger partial charge in [0.1, 0.15) is 0 Å². The lowest BCUT2D eigenvalue weighted by Crippen LogP contribution is -2.48. The van der Waals surface area contributed by atoms with Crippen LogP contribution in [0, 0.1) is 0 Å². The van der Waals surface area contributed by atoms with Crippen LogP contribution < -0.4 is 32.4 Å². The van der Waals surface area contributed by atoms with E-state index in [0.29, 0.717) is 22.8 Å². The SMILES string of the molecule is CC1(C)Cc2ccccc2C(=C(C(=O)NNc2ccccc2)C(=NNc2ccccc2)C(=O)NNc2ccccc2)N1. The molecule has 9 nitrogen and oxygen atoms in total. The Hall–Kier alpha value is -5.57. The summed E-state index contributed by atoms with van der Waals surface area (Å²) in [7, 11) is 0. The second-order valence-electron chi connectivity index (χ2n) is 10.4. The van der Waals surface area contributed by atoms with E-state index in [4.69, 9.17) is 0 Å². The van der Waals surface area contributed by atoms with Crippen molar-refractivity contribution in [1.82, 2.24) is 16.2 Å². The van der Waals surface area contributed by atoms with Crippen LogP contribution in [-0.2, 0) is 16.0 Å². The summed E-state index contributed by atoms with van der Waals surface area (Å²) in [6.07, 6.45) is 0.736. The average Bonchev–Trinajstić information content (AvgIpc) is 3.01. The van der Waals surface area contributed by atoms with E-state index in [0.717, 1.165) is 17.5 Å². The highest BCUT2D eigenvalue weighted by Gasteiger charge is 2.35. The van der Waals surface area contributed by atoms with Crippen molar-refractivity contribution in [2.75, 3.05) is 16.3 Å². The number of hydrazine groups is 2. The number of hydrogen-bond donors (Lipinski definition) is 6. The highest BCUT2D eigenvalue weighted by Crippen LogP contribution is 2.32.